The summed E-state index contributed by atoms with van der Waals surface area (Å²) in [6.45, 7) is 4.99. The molecule has 1 aromatic carbocycles. The van der Waals surface area contributed by atoms with Crippen molar-refractivity contribution in [2.45, 2.75) is 19.5 Å². The summed E-state index contributed by atoms with van der Waals surface area (Å²) in [4.78, 5) is 2.36. The third kappa shape index (κ3) is 3.93. The molecule has 0 aromatic heterocycles. The van der Waals surface area contributed by atoms with Crippen LogP contribution in [-0.2, 0) is 6.54 Å². The van der Waals surface area contributed by atoms with Crippen molar-refractivity contribution in [1.29, 1.82) is 0 Å². The summed E-state index contributed by atoms with van der Waals surface area (Å²) in [6, 6.07) is 4.25. The second-order valence-electron chi connectivity index (χ2n) is 5.37. The van der Waals surface area contributed by atoms with Crippen molar-refractivity contribution in [2.75, 3.05) is 34.4 Å². The number of rotatable bonds is 5. The summed E-state index contributed by atoms with van der Waals surface area (Å²) in [5, 5.41) is 0. The van der Waals surface area contributed by atoms with Crippen LogP contribution in [0.1, 0.15) is 12.5 Å². The van der Waals surface area contributed by atoms with Crippen molar-refractivity contribution in [3.8, 4) is 17.2 Å². The van der Waals surface area contributed by atoms with Crippen LogP contribution in [0.15, 0.2) is 12.1 Å². The highest BCUT2D eigenvalue weighted by Crippen LogP contribution is 2.38. The second-order valence-corrected chi connectivity index (χ2v) is 5.37. The van der Waals surface area contributed by atoms with E-state index in [1.165, 1.54) is 0 Å². The molecule has 1 aliphatic heterocycles. The zero-order chi connectivity index (χ0) is 14.7. The average Bonchev–Trinajstić information content (AvgIpc) is 2.75. The molecular weight excluding hydrogens is 292 g/mol. The summed E-state index contributed by atoms with van der Waals surface area (Å²) in [5.74, 6) is 2.55. The van der Waals surface area contributed by atoms with Crippen LogP contribution in [0.25, 0.3) is 0 Å². The summed E-state index contributed by atoms with van der Waals surface area (Å²) >= 11 is 0. The van der Waals surface area contributed by atoms with E-state index in [9.17, 15) is 0 Å². The Hall–Kier alpha value is -1.17. The number of likely N-dealkylation sites (tertiary alicyclic amines) is 1. The molecule has 120 valence electrons. The summed E-state index contributed by atoms with van der Waals surface area (Å²) < 4.78 is 16.1. The van der Waals surface area contributed by atoms with E-state index in [2.05, 4.69) is 11.8 Å². The number of benzene rings is 1. The number of methoxy groups -OCH3 is 3. The topological polar surface area (TPSA) is 57.0 Å². The smallest absolute Gasteiger partial charge is 0.203 e. The lowest BCUT2D eigenvalue weighted by Crippen LogP contribution is -2.28. The first-order valence-electron chi connectivity index (χ1n) is 6.85. The van der Waals surface area contributed by atoms with Gasteiger partial charge in [0.1, 0.15) is 0 Å². The highest BCUT2D eigenvalue weighted by atomic mass is 35.5. The lowest BCUT2D eigenvalue weighted by atomic mass is 10.1. The molecule has 1 fully saturated rings. The fraction of sp³-hybridized carbons (Fsp3) is 0.600. The summed E-state index contributed by atoms with van der Waals surface area (Å²) in [7, 11) is 4.88. The Morgan fingerprint density at radius 3 is 2.05 bits per heavy atom. The first kappa shape index (κ1) is 17.9. The Morgan fingerprint density at radius 1 is 1.10 bits per heavy atom. The maximum Gasteiger partial charge on any atom is 0.203 e. The molecule has 1 saturated heterocycles. The van der Waals surface area contributed by atoms with E-state index in [0.717, 1.165) is 25.2 Å². The standard InChI is InChI=1S/C15H24N2O3.ClH/c1-10-7-17(9-12(10)16)8-11-5-13(18-2)15(20-4)14(6-11)19-3;/h5-6,10,12H,7-9,16H2,1-4H3;1H. The zero-order valence-corrected chi connectivity index (χ0v) is 13.9. The minimum Gasteiger partial charge on any atom is -0.493 e. The van der Waals surface area contributed by atoms with E-state index >= 15 is 0 Å². The molecule has 2 unspecified atom stereocenters. The van der Waals surface area contributed by atoms with E-state index in [1.54, 1.807) is 21.3 Å². The van der Waals surface area contributed by atoms with Crippen LogP contribution in [-0.4, -0.2) is 45.4 Å². The highest BCUT2D eigenvalue weighted by Gasteiger charge is 2.26. The van der Waals surface area contributed by atoms with Crippen LogP contribution >= 0.6 is 12.4 Å². The van der Waals surface area contributed by atoms with Gasteiger partial charge in [0, 0.05) is 25.7 Å². The normalized spacial score (nSPS) is 21.8. The first-order chi connectivity index (χ1) is 9.58. The third-order valence-corrected chi connectivity index (χ3v) is 3.88. The molecule has 21 heavy (non-hydrogen) atoms. The monoisotopic (exact) mass is 316 g/mol. The molecule has 2 atom stereocenters. The lowest BCUT2D eigenvalue weighted by molar-refractivity contribution is 0.308. The molecule has 0 aliphatic carbocycles. The number of hydrogen-bond donors (Lipinski definition) is 1. The van der Waals surface area contributed by atoms with Crippen LogP contribution in [0, 0.1) is 5.92 Å². The fourth-order valence-electron chi connectivity index (χ4n) is 2.71. The van der Waals surface area contributed by atoms with Gasteiger partial charge >= 0.3 is 0 Å². The largest absolute Gasteiger partial charge is 0.493 e. The van der Waals surface area contributed by atoms with Crippen LogP contribution in [0.2, 0.25) is 0 Å². The molecule has 0 saturated carbocycles. The van der Waals surface area contributed by atoms with Gasteiger partial charge < -0.3 is 19.9 Å². The zero-order valence-electron chi connectivity index (χ0n) is 13.1. The molecule has 0 bridgehead atoms. The molecule has 0 radical (unpaired) electrons. The predicted molar refractivity (Wildman–Crippen MR) is 85.8 cm³/mol. The quantitative estimate of drug-likeness (QED) is 0.899. The van der Waals surface area contributed by atoms with E-state index in [1.807, 2.05) is 12.1 Å². The highest BCUT2D eigenvalue weighted by molar-refractivity contribution is 5.85. The van der Waals surface area contributed by atoms with Gasteiger partial charge in [0.05, 0.1) is 21.3 Å². The molecule has 0 amide bonds. The molecule has 0 spiro atoms. The Morgan fingerprint density at radius 2 is 1.67 bits per heavy atom. The van der Waals surface area contributed by atoms with Crippen molar-refractivity contribution in [3.05, 3.63) is 17.7 Å². The average molecular weight is 317 g/mol. The Bertz CT molecular complexity index is 435. The maximum absolute atomic E-state index is 6.07. The number of nitrogens with two attached hydrogens (primary N) is 1. The summed E-state index contributed by atoms with van der Waals surface area (Å²) in [5.41, 5.74) is 7.21. The van der Waals surface area contributed by atoms with Crippen molar-refractivity contribution in [1.82, 2.24) is 4.90 Å². The Kier molecular flexibility index (Phi) is 6.58. The molecule has 1 heterocycles. The van der Waals surface area contributed by atoms with Gasteiger partial charge in [-0.05, 0) is 23.6 Å². The van der Waals surface area contributed by atoms with Crippen LogP contribution in [0.5, 0.6) is 17.2 Å². The van der Waals surface area contributed by atoms with Gasteiger partial charge in [0.2, 0.25) is 5.75 Å². The van der Waals surface area contributed by atoms with E-state index < -0.39 is 0 Å². The summed E-state index contributed by atoms with van der Waals surface area (Å²) in [6.07, 6.45) is 0. The van der Waals surface area contributed by atoms with Gasteiger partial charge in [0.15, 0.2) is 11.5 Å². The number of hydrogen-bond acceptors (Lipinski definition) is 5. The van der Waals surface area contributed by atoms with Gasteiger partial charge in [-0.1, -0.05) is 6.92 Å². The number of ether oxygens (including phenoxy) is 3. The maximum atomic E-state index is 6.07. The Balaban J connectivity index is 0.00000220. The van der Waals surface area contributed by atoms with Crippen molar-refractivity contribution in [3.63, 3.8) is 0 Å². The molecule has 1 aliphatic rings. The van der Waals surface area contributed by atoms with Crippen LogP contribution < -0.4 is 19.9 Å². The van der Waals surface area contributed by atoms with Gasteiger partial charge in [-0.15, -0.1) is 12.4 Å². The molecule has 2 rings (SSSR count). The first-order valence-corrected chi connectivity index (χ1v) is 6.85. The van der Waals surface area contributed by atoms with E-state index in [4.69, 9.17) is 19.9 Å². The predicted octanol–water partition coefficient (Wildman–Crippen LogP) is 1.91. The minimum absolute atomic E-state index is 0. The van der Waals surface area contributed by atoms with Gasteiger partial charge in [0.25, 0.3) is 0 Å². The van der Waals surface area contributed by atoms with Crippen molar-refractivity contribution < 1.29 is 14.2 Å². The molecule has 2 N–H and O–H groups in total. The molecule has 6 heteroatoms. The molecular formula is C15H25ClN2O3. The van der Waals surface area contributed by atoms with Crippen molar-refractivity contribution >= 4 is 12.4 Å². The van der Waals surface area contributed by atoms with Crippen LogP contribution in [0.3, 0.4) is 0 Å². The SMILES string of the molecule is COc1cc(CN2CC(C)C(N)C2)cc(OC)c1OC.Cl. The van der Waals surface area contributed by atoms with E-state index in [-0.39, 0.29) is 18.4 Å². The van der Waals surface area contributed by atoms with Crippen LogP contribution in [0.4, 0.5) is 0 Å². The minimum atomic E-state index is 0. The second kappa shape index (κ2) is 7.73. The third-order valence-electron chi connectivity index (χ3n) is 3.88. The lowest BCUT2D eigenvalue weighted by Gasteiger charge is -2.18. The van der Waals surface area contributed by atoms with Gasteiger partial charge in [-0.25, -0.2) is 0 Å². The molecule has 1 aromatic rings. The fourth-order valence-corrected chi connectivity index (χ4v) is 2.71. The molecule has 5 nitrogen and oxygen atoms in total. The number of halogens is 1. The van der Waals surface area contributed by atoms with Gasteiger partial charge in [-0.2, -0.15) is 0 Å². The number of nitrogens with zero attached hydrogens (tertiary/aromatic N) is 1. The van der Waals surface area contributed by atoms with Crippen molar-refractivity contribution in [2.24, 2.45) is 11.7 Å². The van der Waals surface area contributed by atoms with Gasteiger partial charge in [-0.3, -0.25) is 4.90 Å². The van der Waals surface area contributed by atoms with E-state index in [0.29, 0.717) is 23.2 Å². The Labute approximate surface area is 132 Å².